The second-order valence-corrected chi connectivity index (χ2v) is 4.82. The number of nitrogens with zero attached hydrogens (tertiary/aromatic N) is 2. The van der Waals surface area contributed by atoms with Crippen LogP contribution in [0.15, 0.2) is 41.6 Å². The van der Waals surface area contributed by atoms with E-state index >= 15 is 0 Å². The minimum atomic E-state index is -0.0413. The predicted octanol–water partition coefficient (Wildman–Crippen LogP) is 2.32. The highest BCUT2D eigenvalue weighted by atomic mass is 32.2. The van der Waals surface area contributed by atoms with Gasteiger partial charge in [0, 0.05) is 11.3 Å². The summed E-state index contributed by atoms with van der Waals surface area (Å²) in [5, 5.41) is 8.89. The van der Waals surface area contributed by atoms with E-state index in [9.17, 15) is 4.79 Å². The lowest BCUT2D eigenvalue weighted by atomic mass is 10.3. The molecule has 0 aliphatic rings. The Morgan fingerprint density at radius 1 is 1.33 bits per heavy atom. The predicted molar refractivity (Wildman–Crippen MR) is 71.4 cm³/mol. The highest BCUT2D eigenvalue weighted by Crippen LogP contribution is 2.18. The van der Waals surface area contributed by atoms with E-state index in [2.05, 4.69) is 32.6 Å². The van der Waals surface area contributed by atoms with Crippen molar-refractivity contribution in [3.8, 4) is 0 Å². The topological polar surface area (TPSA) is 70.7 Å². The number of carbonyl (C=O) groups is 1. The Hall–Kier alpha value is -1.82. The van der Waals surface area contributed by atoms with Crippen LogP contribution >= 0.6 is 11.8 Å². The average Bonchev–Trinajstić information content (AvgIpc) is 2.89. The molecule has 0 saturated carbocycles. The second kappa shape index (κ2) is 6.80. The third-order valence-electron chi connectivity index (χ3n) is 2.23. The fraction of sp³-hybridized carbons (Fsp3) is 0.250. The fourth-order valence-corrected chi connectivity index (χ4v) is 2.27. The first-order chi connectivity index (χ1) is 8.84. The quantitative estimate of drug-likeness (QED) is 0.619. The van der Waals surface area contributed by atoms with E-state index in [-0.39, 0.29) is 5.91 Å². The SMILES string of the molecule is O=C(CCCSc1ccccc1)Nc1ncn[nH]1. The number of aromatic amines is 1. The first-order valence-corrected chi connectivity index (χ1v) is 6.66. The number of rotatable bonds is 6. The van der Waals surface area contributed by atoms with Crippen LogP contribution in [0.4, 0.5) is 5.95 Å². The van der Waals surface area contributed by atoms with Crippen LogP contribution in [0.25, 0.3) is 0 Å². The van der Waals surface area contributed by atoms with Gasteiger partial charge in [0.15, 0.2) is 0 Å². The maximum absolute atomic E-state index is 11.5. The number of hydrogen-bond acceptors (Lipinski definition) is 4. The number of thioether (sulfide) groups is 1. The maximum Gasteiger partial charge on any atom is 0.226 e. The van der Waals surface area contributed by atoms with Gasteiger partial charge in [-0.15, -0.1) is 11.8 Å². The monoisotopic (exact) mass is 262 g/mol. The van der Waals surface area contributed by atoms with E-state index in [0.717, 1.165) is 12.2 Å². The Labute approximate surface area is 109 Å². The first-order valence-electron chi connectivity index (χ1n) is 5.67. The van der Waals surface area contributed by atoms with Crippen molar-refractivity contribution < 1.29 is 4.79 Å². The molecule has 0 radical (unpaired) electrons. The summed E-state index contributed by atoms with van der Waals surface area (Å²) in [5.74, 6) is 1.28. The van der Waals surface area contributed by atoms with E-state index in [1.54, 1.807) is 11.8 Å². The lowest BCUT2D eigenvalue weighted by Gasteiger charge is -2.02. The van der Waals surface area contributed by atoms with Crippen LogP contribution in [0.1, 0.15) is 12.8 Å². The third-order valence-corrected chi connectivity index (χ3v) is 3.33. The van der Waals surface area contributed by atoms with E-state index in [1.807, 2.05) is 18.2 Å². The van der Waals surface area contributed by atoms with Crippen LogP contribution < -0.4 is 5.32 Å². The molecule has 0 fully saturated rings. The molecule has 0 bridgehead atoms. The molecule has 94 valence electrons. The molecular formula is C12H14N4OS. The molecule has 0 saturated heterocycles. The summed E-state index contributed by atoms with van der Waals surface area (Å²) in [5.41, 5.74) is 0. The molecule has 1 aromatic heterocycles. The molecule has 2 N–H and O–H groups in total. The lowest BCUT2D eigenvalue weighted by molar-refractivity contribution is -0.116. The van der Waals surface area contributed by atoms with E-state index < -0.39 is 0 Å². The summed E-state index contributed by atoms with van der Waals surface area (Å²) in [4.78, 5) is 16.6. The molecule has 1 heterocycles. The van der Waals surface area contributed by atoms with Gasteiger partial charge in [0.2, 0.25) is 11.9 Å². The Morgan fingerprint density at radius 2 is 2.17 bits per heavy atom. The largest absolute Gasteiger partial charge is 0.295 e. The van der Waals surface area contributed by atoms with Crippen molar-refractivity contribution in [3.05, 3.63) is 36.7 Å². The summed E-state index contributed by atoms with van der Waals surface area (Å²) in [6, 6.07) is 10.2. The van der Waals surface area contributed by atoms with Crippen LogP contribution in [0, 0.1) is 0 Å². The molecule has 0 aliphatic carbocycles. The number of nitrogens with one attached hydrogen (secondary N) is 2. The summed E-state index contributed by atoms with van der Waals surface area (Å²) in [6.07, 6.45) is 2.68. The molecule has 18 heavy (non-hydrogen) atoms. The Bertz CT molecular complexity index is 472. The molecule has 2 rings (SSSR count). The molecule has 1 amide bonds. The number of amides is 1. The molecule has 6 heteroatoms. The van der Waals surface area contributed by atoms with Crippen LogP contribution in [-0.2, 0) is 4.79 Å². The standard InChI is InChI=1S/C12H14N4OS/c17-11(15-12-13-9-14-16-12)7-4-8-18-10-5-2-1-3-6-10/h1-3,5-6,9H,4,7-8H2,(H2,13,14,15,16,17). The van der Waals surface area contributed by atoms with Gasteiger partial charge in [-0.1, -0.05) is 18.2 Å². The number of benzene rings is 1. The molecule has 2 aromatic rings. The molecular weight excluding hydrogens is 248 g/mol. The molecule has 0 unspecified atom stereocenters. The van der Waals surface area contributed by atoms with Gasteiger partial charge in [0.25, 0.3) is 0 Å². The van der Waals surface area contributed by atoms with E-state index in [4.69, 9.17) is 0 Å². The highest BCUT2D eigenvalue weighted by Gasteiger charge is 2.03. The van der Waals surface area contributed by atoms with Gasteiger partial charge in [-0.3, -0.25) is 10.1 Å². The van der Waals surface area contributed by atoms with Gasteiger partial charge < -0.3 is 0 Å². The Morgan fingerprint density at radius 3 is 2.89 bits per heavy atom. The van der Waals surface area contributed by atoms with Crippen molar-refractivity contribution in [2.45, 2.75) is 17.7 Å². The third kappa shape index (κ3) is 4.21. The van der Waals surface area contributed by atoms with Gasteiger partial charge in [-0.25, -0.2) is 5.10 Å². The van der Waals surface area contributed by atoms with E-state index in [1.165, 1.54) is 11.2 Å². The smallest absolute Gasteiger partial charge is 0.226 e. The van der Waals surface area contributed by atoms with Crippen molar-refractivity contribution in [3.63, 3.8) is 0 Å². The normalized spacial score (nSPS) is 10.2. The molecule has 5 nitrogen and oxygen atoms in total. The Kier molecular flexibility index (Phi) is 4.78. The highest BCUT2D eigenvalue weighted by molar-refractivity contribution is 7.99. The zero-order valence-corrected chi connectivity index (χ0v) is 10.6. The van der Waals surface area contributed by atoms with Crippen LogP contribution in [0.3, 0.4) is 0 Å². The molecule has 0 atom stereocenters. The number of hydrogen-bond donors (Lipinski definition) is 2. The number of H-pyrrole nitrogens is 1. The number of anilines is 1. The average molecular weight is 262 g/mol. The molecule has 0 spiro atoms. The van der Waals surface area contributed by atoms with Crippen LogP contribution in [0.5, 0.6) is 0 Å². The van der Waals surface area contributed by atoms with Gasteiger partial charge in [0.1, 0.15) is 6.33 Å². The van der Waals surface area contributed by atoms with Crippen molar-refractivity contribution in [1.82, 2.24) is 15.2 Å². The first kappa shape index (κ1) is 12.6. The zero-order valence-electron chi connectivity index (χ0n) is 9.80. The summed E-state index contributed by atoms with van der Waals surface area (Å²) in [6.45, 7) is 0. The fourth-order valence-electron chi connectivity index (χ4n) is 1.40. The van der Waals surface area contributed by atoms with Gasteiger partial charge >= 0.3 is 0 Å². The van der Waals surface area contributed by atoms with Crippen LogP contribution in [-0.4, -0.2) is 26.8 Å². The summed E-state index contributed by atoms with van der Waals surface area (Å²) >= 11 is 1.75. The lowest BCUT2D eigenvalue weighted by Crippen LogP contribution is -2.12. The van der Waals surface area contributed by atoms with E-state index in [0.29, 0.717) is 12.4 Å². The van der Waals surface area contributed by atoms with Gasteiger partial charge in [0.05, 0.1) is 0 Å². The van der Waals surface area contributed by atoms with Gasteiger partial charge in [-0.2, -0.15) is 10.1 Å². The summed E-state index contributed by atoms with van der Waals surface area (Å²) in [7, 11) is 0. The van der Waals surface area contributed by atoms with Gasteiger partial charge in [-0.05, 0) is 24.3 Å². The molecule has 0 aliphatic heterocycles. The zero-order chi connectivity index (χ0) is 12.6. The minimum absolute atomic E-state index is 0.0413. The minimum Gasteiger partial charge on any atom is -0.295 e. The molecule has 1 aromatic carbocycles. The van der Waals surface area contributed by atoms with Crippen molar-refractivity contribution in [1.29, 1.82) is 0 Å². The van der Waals surface area contributed by atoms with Crippen LogP contribution in [0.2, 0.25) is 0 Å². The van der Waals surface area contributed by atoms with Crippen molar-refractivity contribution in [2.24, 2.45) is 0 Å². The Balaban J connectivity index is 1.62. The van der Waals surface area contributed by atoms with Crippen molar-refractivity contribution in [2.75, 3.05) is 11.1 Å². The second-order valence-electron chi connectivity index (χ2n) is 3.65. The number of aromatic nitrogens is 3. The maximum atomic E-state index is 11.5. The number of carbonyl (C=O) groups excluding carboxylic acids is 1. The van der Waals surface area contributed by atoms with Crippen molar-refractivity contribution >= 4 is 23.6 Å². The summed E-state index contributed by atoms with van der Waals surface area (Å²) < 4.78 is 0.